The number of nitrogens with zero attached hydrogens (tertiary/aromatic N) is 2. The van der Waals surface area contributed by atoms with E-state index in [1.807, 2.05) is 13.8 Å². The van der Waals surface area contributed by atoms with Crippen LogP contribution >= 0.6 is 0 Å². The molecule has 2 rings (SSSR count). The van der Waals surface area contributed by atoms with Crippen molar-refractivity contribution in [2.45, 2.75) is 19.9 Å². The van der Waals surface area contributed by atoms with Gasteiger partial charge in [-0.25, -0.2) is 14.8 Å². The number of methoxy groups -OCH3 is 3. The number of hydrogen-bond acceptors (Lipinski definition) is 7. The van der Waals surface area contributed by atoms with Gasteiger partial charge in [0.05, 0.1) is 21.3 Å². The second kappa shape index (κ2) is 7.69. The number of ether oxygens (including phenoxy) is 3. The molecule has 0 amide bonds. The van der Waals surface area contributed by atoms with Gasteiger partial charge in [-0.2, -0.15) is 0 Å². The average molecular weight is 347 g/mol. The maximum atomic E-state index is 11.4. The Balaban J connectivity index is 2.59. The first-order valence-corrected chi connectivity index (χ1v) is 7.58. The van der Waals surface area contributed by atoms with Crippen LogP contribution < -0.4 is 19.5 Å². The second-order valence-corrected chi connectivity index (χ2v) is 5.47. The molecule has 2 N–H and O–H groups in total. The number of carbonyl (C=O) groups is 1. The lowest BCUT2D eigenvalue weighted by Gasteiger charge is -2.15. The predicted molar refractivity (Wildman–Crippen MR) is 92.8 cm³/mol. The molecule has 0 fully saturated rings. The van der Waals surface area contributed by atoms with Gasteiger partial charge in [0.2, 0.25) is 5.75 Å². The van der Waals surface area contributed by atoms with Gasteiger partial charge in [0.25, 0.3) is 0 Å². The molecule has 0 bridgehead atoms. The second-order valence-electron chi connectivity index (χ2n) is 5.47. The highest BCUT2D eigenvalue weighted by Crippen LogP contribution is 2.40. The topological polar surface area (TPSA) is 103 Å². The molecule has 25 heavy (non-hydrogen) atoms. The summed E-state index contributed by atoms with van der Waals surface area (Å²) in [7, 11) is 4.55. The number of carboxylic acid groups (broad SMARTS) is 1. The molecule has 0 radical (unpaired) electrons. The Kier molecular flexibility index (Phi) is 5.63. The summed E-state index contributed by atoms with van der Waals surface area (Å²) in [6.45, 7) is 3.79. The van der Waals surface area contributed by atoms with Gasteiger partial charge < -0.3 is 24.6 Å². The number of anilines is 1. The van der Waals surface area contributed by atoms with E-state index in [1.54, 1.807) is 12.1 Å². The van der Waals surface area contributed by atoms with Gasteiger partial charge in [-0.15, -0.1) is 0 Å². The number of rotatable bonds is 7. The third-order valence-corrected chi connectivity index (χ3v) is 3.37. The van der Waals surface area contributed by atoms with Gasteiger partial charge in [0.1, 0.15) is 11.4 Å². The van der Waals surface area contributed by atoms with Crippen molar-refractivity contribution in [2.24, 2.45) is 0 Å². The molecule has 2 aromatic rings. The Bertz CT molecular complexity index is 752. The minimum Gasteiger partial charge on any atom is -0.493 e. The summed E-state index contributed by atoms with van der Waals surface area (Å²) in [5.74, 6) is 0.868. The van der Waals surface area contributed by atoms with Crippen molar-refractivity contribution < 1.29 is 24.1 Å². The van der Waals surface area contributed by atoms with Crippen LogP contribution in [-0.2, 0) is 0 Å². The van der Waals surface area contributed by atoms with Gasteiger partial charge in [-0.3, -0.25) is 0 Å². The van der Waals surface area contributed by atoms with Crippen LogP contribution in [0, 0.1) is 0 Å². The first-order valence-electron chi connectivity index (χ1n) is 7.58. The molecular weight excluding hydrogens is 326 g/mol. The molecule has 0 unspecified atom stereocenters. The molecule has 0 saturated carbocycles. The Hall–Kier alpha value is -3.03. The van der Waals surface area contributed by atoms with Crippen LogP contribution in [0.5, 0.6) is 17.2 Å². The number of aromatic carboxylic acids is 1. The van der Waals surface area contributed by atoms with Gasteiger partial charge in [0.15, 0.2) is 17.3 Å². The average Bonchev–Trinajstić information content (AvgIpc) is 2.59. The number of benzene rings is 1. The minimum atomic E-state index is -1.10. The molecule has 0 aliphatic rings. The van der Waals surface area contributed by atoms with Crippen LogP contribution in [0.25, 0.3) is 11.4 Å². The van der Waals surface area contributed by atoms with E-state index in [2.05, 4.69) is 15.3 Å². The third-order valence-electron chi connectivity index (χ3n) is 3.37. The van der Waals surface area contributed by atoms with Gasteiger partial charge >= 0.3 is 5.97 Å². The predicted octanol–water partition coefficient (Wildman–Crippen LogP) is 2.69. The van der Waals surface area contributed by atoms with E-state index in [9.17, 15) is 9.90 Å². The van der Waals surface area contributed by atoms with E-state index in [0.29, 0.717) is 28.6 Å². The lowest BCUT2D eigenvalue weighted by atomic mass is 10.1. The number of carboxylic acids is 1. The molecule has 0 saturated heterocycles. The summed E-state index contributed by atoms with van der Waals surface area (Å²) in [4.78, 5) is 19.9. The number of aromatic nitrogens is 2. The van der Waals surface area contributed by atoms with Crippen LogP contribution in [0.1, 0.15) is 24.2 Å². The first-order chi connectivity index (χ1) is 11.9. The number of hydrogen-bond donors (Lipinski definition) is 2. The molecule has 0 spiro atoms. The lowest BCUT2D eigenvalue weighted by Crippen LogP contribution is -2.16. The van der Waals surface area contributed by atoms with E-state index in [4.69, 9.17) is 14.2 Å². The summed E-state index contributed by atoms with van der Waals surface area (Å²) >= 11 is 0. The quantitative estimate of drug-likeness (QED) is 0.788. The molecule has 1 aromatic carbocycles. The van der Waals surface area contributed by atoms with Gasteiger partial charge in [0, 0.05) is 17.8 Å². The first kappa shape index (κ1) is 18.3. The highest BCUT2D eigenvalue weighted by Gasteiger charge is 2.18. The van der Waals surface area contributed by atoms with E-state index < -0.39 is 5.97 Å². The fourth-order valence-corrected chi connectivity index (χ4v) is 2.27. The van der Waals surface area contributed by atoms with E-state index in [0.717, 1.165) is 0 Å². The summed E-state index contributed by atoms with van der Waals surface area (Å²) in [6.07, 6.45) is 1.28. The molecule has 1 aromatic heterocycles. The normalized spacial score (nSPS) is 10.5. The van der Waals surface area contributed by atoms with Gasteiger partial charge in [-0.05, 0) is 26.0 Å². The van der Waals surface area contributed by atoms with Crippen molar-refractivity contribution in [1.29, 1.82) is 0 Å². The van der Waals surface area contributed by atoms with Gasteiger partial charge in [-0.1, -0.05) is 0 Å². The lowest BCUT2D eigenvalue weighted by molar-refractivity contribution is 0.0697. The highest BCUT2D eigenvalue weighted by atomic mass is 16.5. The molecule has 8 heteroatoms. The monoisotopic (exact) mass is 347 g/mol. The summed E-state index contributed by atoms with van der Waals surface area (Å²) in [6, 6.07) is 3.42. The Morgan fingerprint density at radius 1 is 1.12 bits per heavy atom. The largest absolute Gasteiger partial charge is 0.493 e. The van der Waals surface area contributed by atoms with E-state index in [-0.39, 0.29) is 17.4 Å². The molecule has 0 aliphatic heterocycles. The van der Waals surface area contributed by atoms with Crippen LogP contribution in [-0.4, -0.2) is 48.4 Å². The Morgan fingerprint density at radius 3 is 2.16 bits per heavy atom. The SMILES string of the molecule is COc1cc(-c2ncc(C(=O)O)c(NC(C)C)n2)cc(OC)c1OC. The third kappa shape index (κ3) is 3.90. The Labute approximate surface area is 145 Å². The van der Waals surface area contributed by atoms with E-state index in [1.165, 1.54) is 27.5 Å². The highest BCUT2D eigenvalue weighted by molar-refractivity contribution is 5.93. The minimum absolute atomic E-state index is 0.00453. The standard InChI is InChI=1S/C17H21N3O5/c1-9(2)19-16-11(17(21)22)8-18-15(20-16)10-6-12(23-3)14(25-5)13(7-10)24-4/h6-9H,1-5H3,(H,21,22)(H,18,19,20). The molecule has 134 valence electrons. The van der Waals surface area contributed by atoms with Crippen LogP contribution in [0.4, 0.5) is 5.82 Å². The molecule has 0 atom stereocenters. The van der Waals surface area contributed by atoms with Crippen molar-refractivity contribution in [1.82, 2.24) is 9.97 Å². The number of nitrogens with one attached hydrogen (secondary N) is 1. The molecular formula is C17H21N3O5. The fraction of sp³-hybridized carbons (Fsp3) is 0.353. The summed E-state index contributed by atoms with van der Waals surface area (Å²) < 4.78 is 15.9. The zero-order valence-corrected chi connectivity index (χ0v) is 14.8. The fourth-order valence-electron chi connectivity index (χ4n) is 2.27. The van der Waals surface area contributed by atoms with E-state index >= 15 is 0 Å². The Morgan fingerprint density at radius 2 is 1.72 bits per heavy atom. The van der Waals surface area contributed by atoms with Crippen LogP contribution in [0.2, 0.25) is 0 Å². The van der Waals surface area contributed by atoms with Crippen molar-refractivity contribution in [3.8, 4) is 28.6 Å². The molecule has 1 heterocycles. The summed E-state index contributed by atoms with van der Waals surface area (Å²) in [5.41, 5.74) is 0.614. The van der Waals surface area contributed by atoms with Crippen molar-refractivity contribution in [2.75, 3.05) is 26.6 Å². The smallest absolute Gasteiger partial charge is 0.341 e. The van der Waals surface area contributed by atoms with Crippen LogP contribution in [0.3, 0.4) is 0 Å². The summed E-state index contributed by atoms with van der Waals surface area (Å²) in [5, 5.41) is 12.3. The zero-order valence-electron chi connectivity index (χ0n) is 14.8. The zero-order chi connectivity index (χ0) is 18.6. The van der Waals surface area contributed by atoms with Crippen molar-refractivity contribution >= 4 is 11.8 Å². The maximum absolute atomic E-state index is 11.4. The maximum Gasteiger partial charge on any atom is 0.341 e. The van der Waals surface area contributed by atoms with Crippen LogP contribution in [0.15, 0.2) is 18.3 Å². The molecule has 0 aliphatic carbocycles. The van der Waals surface area contributed by atoms with Crippen molar-refractivity contribution in [3.63, 3.8) is 0 Å². The molecule has 8 nitrogen and oxygen atoms in total. The van der Waals surface area contributed by atoms with Crippen molar-refractivity contribution in [3.05, 3.63) is 23.9 Å².